The molecule has 0 radical (unpaired) electrons. The molecule has 1 N–H and O–H groups in total. The molecule has 0 spiro atoms. The van der Waals surface area contributed by atoms with Crippen LogP contribution in [0, 0.1) is 13.8 Å². The Morgan fingerprint density at radius 1 is 1.15 bits per heavy atom. The van der Waals surface area contributed by atoms with Crippen molar-refractivity contribution in [2.24, 2.45) is 7.05 Å². The summed E-state index contributed by atoms with van der Waals surface area (Å²) in [7, 11) is 1.77. The van der Waals surface area contributed by atoms with Gasteiger partial charge < -0.3 is 5.11 Å². The molecule has 1 heterocycles. The summed E-state index contributed by atoms with van der Waals surface area (Å²) in [4.78, 5) is 11.8. The van der Waals surface area contributed by atoms with E-state index in [-0.39, 0.29) is 11.6 Å². The first-order valence-corrected chi connectivity index (χ1v) is 8.80. The van der Waals surface area contributed by atoms with E-state index in [9.17, 15) is 9.90 Å². The molecule has 4 nitrogen and oxygen atoms in total. The lowest BCUT2D eigenvalue weighted by molar-refractivity contribution is 0.0688. The number of carboxylic acids is 1. The Labute approximate surface area is 158 Å². The van der Waals surface area contributed by atoms with Gasteiger partial charge in [-0.2, -0.15) is 5.10 Å². The number of nitrogens with zero attached hydrogens (tertiary/aromatic N) is 2. The summed E-state index contributed by atoms with van der Waals surface area (Å²) in [5, 5.41) is 14.7. The Morgan fingerprint density at radius 2 is 1.81 bits per heavy atom. The minimum absolute atomic E-state index is 0.0863. The highest BCUT2D eigenvalue weighted by Gasteiger charge is 2.27. The molecule has 2 aromatic carbocycles. The Bertz CT molecular complexity index is 974. The van der Waals surface area contributed by atoms with Crippen LogP contribution in [0.2, 0.25) is 5.02 Å². The Hall–Kier alpha value is -2.59. The summed E-state index contributed by atoms with van der Waals surface area (Å²) in [6.45, 7) is 5.98. The van der Waals surface area contributed by atoms with Crippen LogP contribution in [0.25, 0.3) is 11.3 Å². The molecule has 0 aliphatic carbocycles. The van der Waals surface area contributed by atoms with Crippen LogP contribution < -0.4 is 0 Å². The van der Waals surface area contributed by atoms with Gasteiger partial charge in [0.25, 0.3) is 0 Å². The lowest BCUT2D eigenvalue weighted by Gasteiger charge is -2.16. The van der Waals surface area contributed by atoms with E-state index in [1.165, 1.54) is 5.56 Å². The summed E-state index contributed by atoms with van der Waals surface area (Å²) < 4.78 is 1.64. The molecule has 1 unspecified atom stereocenters. The number of carboxylic acid groups (broad SMARTS) is 1. The number of benzene rings is 2. The number of aryl methyl sites for hydroxylation is 3. The van der Waals surface area contributed by atoms with E-state index in [0.29, 0.717) is 10.6 Å². The minimum atomic E-state index is -1.02. The van der Waals surface area contributed by atoms with Gasteiger partial charge in [-0.1, -0.05) is 54.4 Å². The number of hydrogen-bond acceptors (Lipinski definition) is 2. The first-order chi connectivity index (χ1) is 12.3. The number of aromatic carboxylic acids is 1. The third-order valence-corrected chi connectivity index (χ3v) is 5.15. The van der Waals surface area contributed by atoms with Crippen LogP contribution in [0.5, 0.6) is 0 Å². The summed E-state index contributed by atoms with van der Waals surface area (Å²) in [6.07, 6.45) is 0. The van der Waals surface area contributed by atoms with Gasteiger partial charge >= 0.3 is 5.97 Å². The van der Waals surface area contributed by atoms with Gasteiger partial charge in [-0.3, -0.25) is 4.68 Å². The van der Waals surface area contributed by atoms with Crippen LogP contribution in [-0.2, 0) is 7.05 Å². The van der Waals surface area contributed by atoms with Crippen LogP contribution in [0.1, 0.15) is 45.6 Å². The highest BCUT2D eigenvalue weighted by Crippen LogP contribution is 2.36. The third kappa shape index (κ3) is 3.25. The maximum Gasteiger partial charge on any atom is 0.356 e. The van der Waals surface area contributed by atoms with Crippen molar-refractivity contribution >= 4 is 17.6 Å². The maximum absolute atomic E-state index is 11.8. The van der Waals surface area contributed by atoms with E-state index in [0.717, 1.165) is 22.4 Å². The summed E-state index contributed by atoms with van der Waals surface area (Å²) in [6, 6.07) is 13.9. The van der Waals surface area contributed by atoms with Crippen molar-refractivity contribution in [3.8, 4) is 11.3 Å². The van der Waals surface area contributed by atoms with Gasteiger partial charge in [0, 0.05) is 29.1 Å². The highest BCUT2D eigenvalue weighted by atomic mass is 35.5. The van der Waals surface area contributed by atoms with Crippen molar-refractivity contribution in [3.05, 3.63) is 75.4 Å². The second-order valence-corrected chi connectivity index (χ2v) is 7.04. The van der Waals surface area contributed by atoms with Gasteiger partial charge in [0.15, 0.2) is 5.69 Å². The van der Waals surface area contributed by atoms with E-state index >= 15 is 0 Å². The van der Waals surface area contributed by atoms with Crippen LogP contribution in [0.4, 0.5) is 0 Å². The zero-order valence-corrected chi connectivity index (χ0v) is 16.0. The SMILES string of the molecule is Cc1ccc(C(C)c2c(C(=O)O)nn(C)c2-c2ccc(Cl)c(C)c2)cc1. The number of rotatable bonds is 4. The first kappa shape index (κ1) is 18.2. The van der Waals surface area contributed by atoms with Crippen LogP contribution in [0.15, 0.2) is 42.5 Å². The van der Waals surface area contributed by atoms with Crippen molar-refractivity contribution in [3.63, 3.8) is 0 Å². The average Bonchev–Trinajstić information content (AvgIpc) is 2.95. The molecule has 134 valence electrons. The smallest absolute Gasteiger partial charge is 0.356 e. The Balaban J connectivity index is 2.23. The Morgan fingerprint density at radius 3 is 2.38 bits per heavy atom. The van der Waals surface area contributed by atoms with Gasteiger partial charge in [0.05, 0.1) is 5.69 Å². The molecule has 0 bridgehead atoms. The van der Waals surface area contributed by atoms with Gasteiger partial charge in [-0.05, 0) is 37.1 Å². The molecule has 3 aromatic rings. The van der Waals surface area contributed by atoms with E-state index in [1.54, 1.807) is 11.7 Å². The van der Waals surface area contributed by atoms with E-state index in [2.05, 4.69) is 5.10 Å². The molecule has 0 fully saturated rings. The molecular weight excluding hydrogens is 348 g/mol. The molecule has 1 aromatic heterocycles. The molecule has 1 atom stereocenters. The lowest BCUT2D eigenvalue weighted by Crippen LogP contribution is -2.06. The topological polar surface area (TPSA) is 55.1 Å². The molecule has 0 saturated carbocycles. The van der Waals surface area contributed by atoms with E-state index in [1.807, 2.05) is 63.2 Å². The molecule has 0 aliphatic rings. The zero-order valence-electron chi connectivity index (χ0n) is 15.2. The highest BCUT2D eigenvalue weighted by molar-refractivity contribution is 6.31. The van der Waals surface area contributed by atoms with Gasteiger partial charge in [-0.15, -0.1) is 0 Å². The maximum atomic E-state index is 11.8. The van der Waals surface area contributed by atoms with Crippen molar-refractivity contribution in [1.29, 1.82) is 0 Å². The fraction of sp³-hybridized carbons (Fsp3) is 0.238. The molecule has 26 heavy (non-hydrogen) atoms. The van der Waals surface area contributed by atoms with Crippen molar-refractivity contribution in [2.75, 3.05) is 0 Å². The monoisotopic (exact) mass is 368 g/mol. The van der Waals surface area contributed by atoms with Crippen LogP contribution >= 0.6 is 11.6 Å². The number of carbonyl (C=O) groups is 1. The normalized spacial score (nSPS) is 12.2. The molecule has 0 aliphatic heterocycles. The Kier molecular flexibility index (Phi) is 4.88. The predicted molar refractivity (Wildman–Crippen MR) is 104 cm³/mol. The van der Waals surface area contributed by atoms with Gasteiger partial charge in [-0.25, -0.2) is 4.79 Å². The van der Waals surface area contributed by atoms with Crippen molar-refractivity contribution < 1.29 is 9.90 Å². The molecule has 0 saturated heterocycles. The lowest BCUT2D eigenvalue weighted by atomic mass is 9.88. The summed E-state index contributed by atoms with van der Waals surface area (Å²) in [5.74, 6) is -1.13. The van der Waals surface area contributed by atoms with Gasteiger partial charge in [0.2, 0.25) is 0 Å². The second-order valence-electron chi connectivity index (χ2n) is 6.64. The minimum Gasteiger partial charge on any atom is -0.476 e. The molecular formula is C21H21ClN2O2. The summed E-state index contributed by atoms with van der Waals surface area (Å²) >= 11 is 6.16. The van der Waals surface area contributed by atoms with E-state index in [4.69, 9.17) is 11.6 Å². The second kappa shape index (κ2) is 6.96. The van der Waals surface area contributed by atoms with Gasteiger partial charge in [0.1, 0.15) is 0 Å². The first-order valence-electron chi connectivity index (χ1n) is 8.43. The quantitative estimate of drug-likeness (QED) is 0.687. The largest absolute Gasteiger partial charge is 0.476 e. The fourth-order valence-electron chi connectivity index (χ4n) is 3.26. The average molecular weight is 369 g/mol. The number of hydrogen-bond donors (Lipinski definition) is 1. The zero-order chi connectivity index (χ0) is 19.0. The van der Waals surface area contributed by atoms with E-state index < -0.39 is 5.97 Å². The predicted octanol–water partition coefficient (Wildman–Crippen LogP) is 5.21. The van der Waals surface area contributed by atoms with Crippen molar-refractivity contribution in [2.45, 2.75) is 26.7 Å². The molecule has 5 heteroatoms. The van der Waals surface area contributed by atoms with Crippen molar-refractivity contribution in [1.82, 2.24) is 9.78 Å². The third-order valence-electron chi connectivity index (χ3n) is 4.73. The summed E-state index contributed by atoms with van der Waals surface area (Å²) in [5.41, 5.74) is 5.67. The molecule has 0 amide bonds. The molecule has 3 rings (SSSR count). The fourth-order valence-corrected chi connectivity index (χ4v) is 3.38. The van der Waals surface area contributed by atoms with Crippen LogP contribution in [-0.4, -0.2) is 20.9 Å². The number of halogens is 1. The van der Waals surface area contributed by atoms with Crippen LogP contribution in [0.3, 0.4) is 0 Å². The number of aromatic nitrogens is 2. The standard InChI is InChI=1S/C21H21ClN2O2/c1-12-5-7-15(8-6-12)14(3)18-19(21(25)26)23-24(4)20(18)16-9-10-17(22)13(2)11-16/h5-11,14H,1-4H3,(H,25,26).